The number of pyridine rings is 1. The SMILES string of the molecule is CCCNCc1ccc(-c2cnccc2C(F)(F)F)o1. The first-order valence-corrected chi connectivity index (χ1v) is 6.33. The summed E-state index contributed by atoms with van der Waals surface area (Å²) in [4.78, 5) is 3.74. The van der Waals surface area contributed by atoms with Crippen molar-refractivity contribution in [2.24, 2.45) is 0 Å². The molecule has 0 aliphatic carbocycles. The van der Waals surface area contributed by atoms with Crippen molar-refractivity contribution in [3.05, 3.63) is 41.9 Å². The van der Waals surface area contributed by atoms with Crippen LogP contribution in [0.5, 0.6) is 0 Å². The van der Waals surface area contributed by atoms with Gasteiger partial charge in [0.05, 0.1) is 12.1 Å². The normalized spacial score (nSPS) is 11.8. The Hall–Kier alpha value is -1.82. The Kier molecular flexibility index (Phi) is 4.44. The van der Waals surface area contributed by atoms with Crippen molar-refractivity contribution in [2.45, 2.75) is 26.1 Å². The Bertz CT molecular complexity index is 564. The number of nitrogens with zero attached hydrogens (tertiary/aromatic N) is 1. The largest absolute Gasteiger partial charge is 0.460 e. The Balaban J connectivity index is 2.24. The van der Waals surface area contributed by atoms with Gasteiger partial charge in [-0.3, -0.25) is 4.98 Å². The third-order valence-electron chi connectivity index (χ3n) is 2.78. The molecule has 20 heavy (non-hydrogen) atoms. The molecule has 3 nitrogen and oxygen atoms in total. The van der Waals surface area contributed by atoms with Crippen molar-refractivity contribution < 1.29 is 17.6 Å². The number of aromatic nitrogens is 1. The zero-order chi connectivity index (χ0) is 14.6. The van der Waals surface area contributed by atoms with Crippen LogP contribution in [0, 0.1) is 0 Å². The van der Waals surface area contributed by atoms with E-state index in [2.05, 4.69) is 10.3 Å². The summed E-state index contributed by atoms with van der Waals surface area (Å²) in [5, 5.41) is 3.13. The van der Waals surface area contributed by atoms with Crippen molar-refractivity contribution in [2.75, 3.05) is 6.54 Å². The van der Waals surface area contributed by atoms with Crippen LogP contribution in [0.2, 0.25) is 0 Å². The van der Waals surface area contributed by atoms with Gasteiger partial charge in [-0.2, -0.15) is 13.2 Å². The highest BCUT2D eigenvalue weighted by atomic mass is 19.4. The van der Waals surface area contributed by atoms with Gasteiger partial charge < -0.3 is 9.73 Å². The van der Waals surface area contributed by atoms with Gasteiger partial charge in [0.1, 0.15) is 11.5 Å². The molecule has 2 heterocycles. The second kappa shape index (κ2) is 6.09. The molecule has 2 rings (SSSR count). The zero-order valence-electron chi connectivity index (χ0n) is 11.0. The number of nitrogens with one attached hydrogen (secondary N) is 1. The molecule has 108 valence electrons. The molecule has 2 aromatic rings. The predicted molar refractivity (Wildman–Crippen MR) is 68.9 cm³/mol. The molecule has 0 atom stereocenters. The standard InChI is InChI=1S/C14H15F3N2O/c1-2-6-18-8-10-3-4-13(20-10)11-9-19-7-5-12(11)14(15,16)17/h3-5,7,9,18H,2,6,8H2,1H3. The van der Waals surface area contributed by atoms with Crippen molar-refractivity contribution >= 4 is 0 Å². The summed E-state index contributed by atoms with van der Waals surface area (Å²) in [7, 11) is 0. The van der Waals surface area contributed by atoms with E-state index in [4.69, 9.17) is 4.42 Å². The van der Waals surface area contributed by atoms with Gasteiger partial charge in [-0.1, -0.05) is 6.92 Å². The number of rotatable bonds is 5. The summed E-state index contributed by atoms with van der Waals surface area (Å²) in [6.45, 7) is 3.36. The molecule has 2 aromatic heterocycles. The Morgan fingerprint density at radius 2 is 2.05 bits per heavy atom. The lowest BCUT2D eigenvalue weighted by atomic mass is 10.1. The number of hydrogen-bond acceptors (Lipinski definition) is 3. The molecule has 0 fully saturated rings. The van der Waals surface area contributed by atoms with E-state index in [0.29, 0.717) is 12.3 Å². The highest BCUT2D eigenvalue weighted by Gasteiger charge is 2.34. The molecule has 0 radical (unpaired) electrons. The summed E-state index contributed by atoms with van der Waals surface area (Å²) in [6, 6.07) is 4.16. The van der Waals surface area contributed by atoms with Gasteiger partial charge in [0, 0.05) is 18.0 Å². The first-order chi connectivity index (χ1) is 9.52. The average molecular weight is 284 g/mol. The highest BCUT2D eigenvalue weighted by molar-refractivity contribution is 5.61. The van der Waals surface area contributed by atoms with Crippen molar-refractivity contribution in [3.63, 3.8) is 0 Å². The highest BCUT2D eigenvalue weighted by Crippen LogP contribution is 2.36. The fourth-order valence-corrected chi connectivity index (χ4v) is 1.84. The number of alkyl halides is 3. The van der Waals surface area contributed by atoms with Crippen molar-refractivity contribution in [1.29, 1.82) is 0 Å². The van der Waals surface area contributed by atoms with E-state index in [1.807, 2.05) is 6.92 Å². The molecule has 0 aromatic carbocycles. The van der Waals surface area contributed by atoms with Crippen LogP contribution in [0.25, 0.3) is 11.3 Å². The van der Waals surface area contributed by atoms with Crippen molar-refractivity contribution in [1.82, 2.24) is 10.3 Å². The van der Waals surface area contributed by atoms with Crippen LogP contribution < -0.4 is 5.32 Å². The monoisotopic (exact) mass is 284 g/mol. The van der Waals surface area contributed by atoms with Crippen LogP contribution in [0.4, 0.5) is 13.2 Å². The molecular formula is C14H15F3N2O. The maximum atomic E-state index is 12.9. The molecule has 0 saturated heterocycles. The zero-order valence-corrected chi connectivity index (χ0v) is 11.0. The Morgan fingerprint density at radius 3 is 2.75 bits per heavy atom. The van der Waals surface area contributed by atoms with Gasteiger partial charge in [-0.05, 0) is 31.2 Å². The van der Waals surface area contributed by atoms with Crippen molar-refractivity contribution in [3.8, 4) is 11.3 Å². The van der Waals surface area contributed by atoms with E-state index in [0.717, 1.165) is 25.2 Å². The average Bonchev–Trinajstić information content (AvgIpc) is 2.87. The third-order valence-corrected chi connectivity index (χ3v) is 2.78. The minimum Gasteiger partial charge on any atom is -0.460 e. The molecule has 0 aliphatic heterocycles. The Labute approximate surface area is 114 Å². The molecule has 0 spiro atoms. The molecule has 0 amide bonds. The van der Waals surface area contributed by atoms with E-state index in [9.17, 15) is 13.2 Å². The number of furan rings is 1. The number of hydrogen-bond donors (Lipinski definition) is 1. The summed E-state index contributed by atoms with van der Waals surface area (Å²) in [5.74, 6) is 0.782. The molecule has 0 saturated carbocycles. The van der Waals surface area contributed by atoms with Crippen LogP contribution in [0.1, 0.15) is 24.7 Å². The number of halogens is 3. The second-order valence-corrected chi connectivity index (χ2v) is 4.36. The fourth-order valence-electron chi connectivity index (χ4n) is 1.84. The molecule has 0 bridgehead atoms. The van der Waals surface area contributed by atoms with Gasteiger partial charge in [0.15, 0.2) is 0 Å². The first-order valence-electron chi connectivity index (χ1n) is 6.33. The summed E-state index contributed by atoms with van der Waals surface area (Å²) in [5.41, 5.74) is -0.781. The summed E-state index contributed by atoms with van der Waals surface area (Å²) in [6.07, 6.45) is -1.15. The third kappa shape index (κ3) is 3.39. The quantitative estimate of drug-likeness (QED) is 0.847. The summed E-state index contributed by atoms with van der Waals surface area (Å²) >= 11 is 0. The smallest absolute Gasteiger partial charge is 0.417 e. The van der Waals surface area contributed by atoms with Gasteiger partial charge in [-0.25, -0.2) is 0 Å². The first kappa shape index (κ1) is 14.6. The molecule has 1 N–H and O–H groups in total. The molecule has 0 unspecified atom stereocenters. The maximum Gasteiger partial charge on any atom is 0.417 e. The van der Waals surface area contributed by atoms with E-state index in [1.54, 1.807) is 6.07 Å². The minimum atomic E-state index is -4.42. The second-order valence-electron chi connectivity index (χ2n) is 4.36. The lowest BCUT2D eigenvalue weighted by Crippen LogP contribution is -2.13. The van der Waals surface area contributed by atoms with E-state index in [1.165, 1.54) is 12.3 Å². The van der Waals surface area contributed by atoms with Gasteiger partial charge >= 0.3 is 6.18 Å². The Morgan fingerprint density at radius 1 is 1.25 bits per heavy atom. The maximum absolute atomic E-state index is 12.9. The lowest BCUT2D eigenvalue weighted by molar-refractivity contribution is -0.137. The molecular weight excluding hydrogens is 269 g/mol. The van der Waals surface area contributed by atoms with Crippen LogP contribution in [-0.4, -0.2) is 11.5 Å². The minimum absolute atomic E-state index is 0.0401. The van der Waals surface area contributed by atoms with E-state index >= 15 is 0 Å². The van der Waals surface area contributed by atoms with Crippen LogP contribution in [0.15, 0.2) is 35.0 Å². The molecule has 0 aliphatic rings. The van der Waals surface area contributed by atoms with Crippen LogP contribution >= 0.6 is 0 Å². The van der Waals surface area contributed by atoms with E-state index in [-0.39, 0.29) is 11.3 Å². The molecule has 6 heteroatoms. The van der Waals surface area contributed by atoms with Gasteiger partial charge in [-0.15, -0.1) is 0 Å². The summed E-state index contributed by atoms with van der Waals surface area (Å²) < 4.78 is 44.2. The lowest BCUT2D eigenvalue weighted by Gasteiger charge is -2.10. The van der Waals surface area contributed by atoms with Crippen LogP contribution in [0.3, 0.4) is 0 Å². The van der Waals surface area contributed by atoms with Gasteiger partial charge in [0.25, 0.3) is 0 Å². The van der Waals surface area contributed by atoms with Gasteiger partial charge in [0.2, 0.25) is 0 Å². The topological polar surface area (TPSA) is 38.1 Å². The fraction of sp³-hybridized carbons (Fsp3) is 0.357. The predicted octanol–water partition coefficient (Wildman–Crippen LogP) is 3.86. The van der Waals surface area contributed by atoms with E-state index < -0.39 is 11.7 Å². The van der Waals surface area contributed by atoms with Crippen LogP contribution in [-0.2, 0) is 12.7 Å².